The first kappa shape index (κ1) is 19.3. The Labute approximate surface area is 171 Å². The van der Waals surface area contributed by atoms with Gasteiger partial charge in [0.25, 0.3) is 11.5 Å². The predicted octanol–water partition coefficient (Wildman–Crippen LogP) is 2.74. The van der Waals surface area contributed by atoms with Crippen molar-refractivity contribution < 1.29 is 19.2 Å². The van der Waals surface area contributed by atoms with Gasteiger partial charge in [-0.1, -0.05) is 24.3 Å². The van der Waals surface area contributed by atoms with Crippen molar-refractivity contribution in [2.45, 2.75) is 13.5 Å². The van der Waals surface area contributed by atoms with Gasteiger partial charge >= 0.3 is 0 Å². The minimum absolute atomic E-state index is 0.0787. The minimum atomic E-state index is -0.728. The van der Waals surface area contributed by atoms with E-state index in [-0.39, 0.29) is 17.9 Å². The predicted molar refractivity (Wildman–Crippen MR) is 110 cm³/mol. The van der Waals surface area contributed by atoms with Gasteiger partial charge in [0.05, 0.1) is 11.7 Å². The monoisotopic (exact) mass is 405 g/mol. The molecule has 2 aromatic heterocycles. The van der Waals surface area contributed by atoms with E-state index in [1.807, 2.05) is 24.3 Å². The van der Waals surface area contributed by atoms with E-state index in [0.717, 1.165) is 15.9 Å². The van der Waals surface area contributed by atoms with E-state index in [9.17, 15) is 14.7 Å². The summed E-state index contributed by atoms with van der Waals surface area (Å²) in [6, 6.07) is 14.0. The van der Waals surface area contributed by atoms with Gasteiger partial charge in [-0.3, -0.25) is 9.59 Å². The maximum absolute atomic E-state index is 12.9. The second-order valence-electron chi connectivity index (χ2n) is 6.51. The first-order chi connectivity index (χ1) is 14.6. The van der Waals surface area contributed by atoms with Crippen LogP contribution in [0.5, 0.6) is 5.75 Å². The van der Waals surface area contributed by atoms with Crippen LogP contribution in [0.3, 0.4) is 0 Å². The lowest BCUT2D eigenvalue weighted by Gasteiger charge is -2.15. The molecule has 0 fully saturated rings. The molecule has 0 aliphatic carbocycles. The van der Waals surface area contributed by atoms with Crippen LogP contribution in [-0.4, -0.2) is 27.3 Å². The summed E-state index contributed by atoms with van der Waals surface area (Å²) in [7, 11) is 0. The lowest BCUT2D eigenvalue weighted by Crippen LogP contribution is -2.35. The molecule has 2 heterocycles. The average molecular weight is 405 g/mol. The van der Waals surface area contributed by atoms with Gasteiger partial charge in [-0.05, 0) is 36.8 Å². The highest BCUT2D eigenvalue weighted by molar-refractivity contribution is 6.02. The number of hydrogen-bond acceptors (Lipinski definition) is 6. The average Bonchev–Trinajstić information content (AvgIpc) is 3.29. The number of aromatic hydroxyl groups is 1. The van der Waals surface area contributed by atoms with Crippen LogP contribution >= 0.6 is 0 Å². The summed E-state index contributed by atoms with van der Waals surface area (Å²) < 4.78 is 6.31. The normalized spacial score (nSPS) is 10.8. The number of amides is 1. The van der Waals surface area contributed by atoms with Gasteiger partial charge < -0.3 is 19.7 Å². The molecule has 152 valence electrons. The van der Waals surface area contributed by atoms with Gasteiger partial charge in [-0.2, -0.15) is 0 Å². The van der Waals surface area contributed by atoms with Gasteiger partial charge in [0.1, 0.15) is 24.2 Å². The van der Waals surface area contributed by atoms with Crippen LogP contribution < -0.4 is 15.7 Å². The van der Waals surface area contributed by atoms with Crippen molar-refractivity contribution in [3.63, 3.8) is 0 Å². The molecule has 4 aromatic rings. The summed E-state index contributed by atoms with van der Waals surface area (Å²) in [5.41, 5.74) is 0.899. The highest BCUT2D eigenvalue weighted by atomic mass is 16.7. The lowest BCUT2D eigenvalue weighted by molar-refractivity contribution is 0.0899. The topological polar surface area (TPSA) is 107 Å². The smallest absolute Gasteiger partial charge is 0.300 e. The Morgan fingerprint density at radius 1 is 1.20 bits per heavy atom. The van der Waals surface area contributed by atoms with Gasteiger partial charge in [0.15, 0.2) is 0 Å². The Morgan fingerprint density at radius 3 is 2.67 bits per heavy atom. The number of pyridine rings is 1. The van der Waals surface area contributed by atoms with Crippen molar-refractivity contribution in [3.8, 4) is 17.2 Å². The Morgan fingerprint density at radius 2 is 1.97 bits per heavy atom. The van der Waals surface area contributed by atoms with E-state index in [1.54, 1.807) is 37.4 Å². The first-order valence-corrected chi connectivity index (χ1v) is 9.37. The van der Waals surface area contributed by atoms with Crippen molar-refractivity contribution in [3.05, 3.63) is 82.5 Å². The van der Waals surface area contributed by atoms with Gasteiger partial charge in [0.2, 0.25) is 5.89 Å². The van der Waals surface area contributed by atoms with Crippen molar-refractivity contribution >= 4 is 16.8 Å². The Hall–Kier alpha value is -4.07. The van der Waals surface area contributed by atoms with Crippen LogP contribution in [0.4, 0.5) is 0 Å². The fraction of sp³-hybridized carbons (Fsp3) is 0.136. The van der Waals surface area contributed by atoms with Crippen molar-refractivity contribution in [1.82, 2.24) is 15.0 Å². The molecule has 0 atom stereocenters. The van der Waals surface area contributed by atoms with E-state index in [2.05, 4.69) is 10.3 Å². The third-order valence-corrected chi connectivity index (χ3v) is 4.57. The number of hydrogen-bond donors (Lipinski definition) is 2. The SMILES string of the molecule is CCNC(=O)c1c(O)c2ccccc2n(OCc2ccc(-c3ncco3)cc2)c1=O. The van der Waals surface area contributed by atoms with E-state index in [0.29, 0.717) is 23.3 Å². The fourth-order valence-corrected chi connectivity index (χ4v) is 3.13. The molecule has 0 bridgehead atoms. The second-order valence-corrected chi connectivity index (χ2v) is 6.51. The summed E-state index contributed by atoms with van der Waals surface area (Å²) in [4.78, 5) is 35.2. The van der Waals surface area contributed by atoms with Gasteiger partial charge in [-0.15, -0.1) is 4.73 Å². The van der Waals surface area contributed by atoms with E-state index in [4.69, 9.17) is 9.25 Å². The number of rotatable bonds is 6. The Kier molecular flexibility index (Phi) is 5.21. The Bertz CT molecular complexity index is 1240. The largest absolute Gasteiger partial charge is 0.506 e. The molecule has 8 heteroatoms. The summed E-state index contributed by atoms with van der Waals surface area (Å²) in [6.45, 7) is 2.13. The summed E-state index contributed by atoms with van der Waals surface area (Å²) >= 11 is 0. The molecule has 2 N–H and O–H groups in total. The number of benzene rings is 2. The van der Waals surface area contributed by atoms with E-state index in [1.165, 1.54) is 6.26 Å². The number of para-hydroxylation sites is 1. The molecule has 0 unspecified atom stereocenters. The zero-order chi connectivity index (χ0) is 21.1. The molecule has 0 saturated heterocycles. The van der Waals surface area contributed by atoms with E-state index < -0.39 is 11.5 Å². The lowest BCUT2D eigenvalue weighted by atomic mass is 10.1. The third-order valence-electron chi connectivity index (χ3n) is 4.57. The van der Waals surface area contributed by atoms with Crippen molar-refractivity contribution in [1.29, 1.82) is 0 Å². The third kappa shape index (κ3) is 3.50. The highest BCUT2D eigenvalue weighted by Gasteiger charge is 2.22. The number of carbonyl (C=O) groups excluding carboxylic acids is 1. The molecule has 0 radical (unpaired) electrons. The molecule has 4 rings (SSSR count). The number of fused-ring (bicyclic) bond motifs is 1. The highest BCUT2D eigenvalue weighted by Crippen LogP contribution is 2.26. The second kappa shape index (κ2) is 8.12. The molecule has 0 saturated carbocycles. The summed E-state index contributed by atoms with van der Waals surface area (Å²) in [5.74, 6) is -0.509. The molecular weight excluding hydrogens is 386 g/mol. The van der Waals surface area contributed by atoms with Gasteiger partial charge in [-0.25, -0.2) is 4.98 Å². The molecule has 8 nitrogen and oxygen atoms in total. The number of carbonyl (C=O) groups is 1. The van der Waals surface area contributed by atoms with Crippen LogP contribution in [-0.2, 0) is 6.61 Å². The number of aromatic nitrogens is 2. The molecular formula is C22H19N3O5. The molecule has 0 aliphatic rings. The van der Waals surface area contributed by atoms with Crippen LogP contribution in [0.15, 0.2) is 70.2 Å². The van der Waals surface area contributed by atoms with Crippen molar-refractivity contribution in [2.24, 2.45) is 0 Å². The summed E-state index contributed by atoms with van der Waals surface area (Å²) in [5, 5.41) is 13.4. The fourth-order valence-electron chi connectivity index (χ4n) is 3.13. The molecule has 30 heavy (non-hydrogen) atoms. The van der Waals surface area contributed by atoms with Crippen molar-refractivity contribution in [2.75, 3.05) is 6.54 Å². The quantitative estimate of drug-likeness (QED) is 0.511. The van der Waals surface area contributed by atoms with E-state index >= 15 is 0 Å². The maximum atomic E-state index is 12.9. The molecule has 1 amide bonds. The molecule has 0 aliphatic heterocycles. The number of oxazole rings is 1. The maximum Gasteiger partial charge on any atom is 0.300 e. The van der Waals surface area contributed by atoms with Crippen LogP contribution in [0.2, 0.25) is 0 Å². The van der Waals surface area contributed by atoms with Crippen LogP contribution in [0.1, 0.15) is 22.8 Å². The zero-order valence-corrected chi connectivity index (χ0v) is 16.2. The van der Waals surface area contributed by atoms with Crippen LogP contribution in [0.25, 0.3) is 22.4 Å². The number of nitrogens with one attached hydrogen (secondary N) is 1. The summed E-state index contributed by atoms with van der Waals surface area (Å²) in [6.07, 6.45) is 3.07. The molecule has 2 aromatic carbocycles. The van der Waals surface area contributed by atoms with Gasteiger partial charge in [0, 0.05) is 17.5 Å². The zero-order valence-electron chi connectivity index (χ0n) is 16.2. The minimum Gasteiger partial charge on any atom is -0.506 e. The Balaban J connectivity index is 1.68. The standard InChI is InChI=1S/C22H19N3O5/c1-2-23-20(27)18-19(26)16-5-3-4-6-17(16)25(22(18)28)30-13-14-7-9-15(10-8-14)21-24-11-12-29-21/h3-12,26H,2,13H2,1H3,(H,23,27). The number of nitrogens with zero attached hydrogens (tertiary/aromatic N) is 2. The molecule has 0 spiro atoms. The first-order valence-electron chi connectivity index (χ1n) is 9.37. The van der Waals surface area contributed by atoms with Crippen LogP contribution in [0, 0.1) is 0 Å².